The van der Waals surface area contributed by atoms with Crippen molar-refractivity contribution >= 4 is 21.8 Å². The molecule has 0 atom stereocenters. The highest BCUT2D eigenvalue weighted by Crippen LogP contribution is 2.37. The molecule has 7 rings (SSSR count). The molecule has 2 aromatic heterocycles. The maximum Gasteiger partial charge on any atom is 0.166 e. The molecule has 5 aromatic carbocycles. The van der Waals surface area contributed by atoms with Crippen LogP contribution in [0.1, 0.15) is 69.4 Å². The highest BCUT2D eigenvalue weighted by Gasteiger charge is 2.22. The molecule has 2 heterocycles. The molecule has 5 nitrogen and oxygen atoms in total. The normalized spacial score (nSPS) is 12.1. The number of nitrogens with zero attached hydrogens (tertiary/aromatic N) is 5. The third-order valence-corrected chi connectivity index (χ3v) is 9.23. The summed E-state index contributed by atoms with van der Waals surface area (Å²) in [6.07, 6.45) is 0. The van der Waals surface area contributed by atoms with E-state index in [1.165, 1.54) is 11.1 Å². The summed E-state index contributed by atoms with van der Waals surface area (Å²) in [6, 6.07) is 38.2. The largest absolute Gasteiger partial charge is 0.309 e. The van der Waals surface area contributed by atoms with Gasteiger partial charge in [0.05, 0.1) is 28.4 Å². The van der Waals surface area contributed by atoms with Gasteiger partial charge in [0, 0.05) is 27.5 Å². The Balaban J connectivity index is 1.56. The fourth-order valence-corrected chi connectivity index (χ4v) is 6.61. The summed E-state index contributed by atoms with van der Waals surface area (Å²) in [4.78, 5) is 15.6. The van der Waals surface area contributed by atoms with Gasteiger partial charge in [-0.15, -0.1) is 0 Å². The fraction of sp³-hybridized carbons (Fsp3) is 0.227. The molecular formula is C44H41N5. The summed E-state index contributed by atoms with van der Waals surface area (Å²) in [5, 5.41) is 12.4. The Kier molecular flexibility index (Phi) is 7.71. The topological polar surface area (TPSA) is 67.4 Å². The molecule has 0 unspecified atom stereocenters. The first kappa shape index (κ1) is 32.0. The molecular weight excluding hydrogens is 599 g/mol. The molecule has 7 aromatic rings. The van der Waals surface area contributed by atoms with Gasteiger partial charge >= 0.3 is 0 Å². The smallest absolute Gasteiger partial charge is 0.166 e. The lowest BCUT2D eigenvalue weighted by molar-refractivity contribution is 0.589. The van der Waals surface area contributed by atoms with Crippen molar-refractivity contribution in [2.45, 2.75) is 66.2 Å². The maximum atomic E-state index is 10.1. The van der Waals surface area contributed by atoms with Crippen molar-refractivity contribution in [3.8, 4) is 45.9 Å². The van der Waals surface area contributed by atoms with Gasteiger partial charge in [-0.3, -0.25) is 0 Å². The highest BCUT2D eigenvalue weighted by atomic mass is 15.1. The van der Waals surface area contributed by atoms with Crippen LogP contribution in [0.15, 0.2) is 103 Å². The van der Waals surface area contributed by atoms with Crippen molar-refractivity contribution in [1.29, 1.82) is 5.26 Å². The van der Waals surface area contributed by atoms with E-state index in [0.29, 0.717) is 23.0 Å². The second-order valence-corrected chi connectivity index (χ2v) is 15.2. The third-order valence-electron chi connectivity index (χ3n) is 9.23. The number of para-hydroxylation sites is 2. The van der Waals surface area contributed by atoms with Crippen LogP contribution < -0.4 is 0 Å². The zero-order valence-electron chi connectivity index (χ0n) is 29.6. The molecule has 0 radical (unpaired) electrons. The predicted octanol–water partition coefficient (Wildman–Crippen LogP) is 11.1. The van der Waals surface area contributed by atoms with E-state index >= 15 is 0 Å². The zero-order chi connectivity index (χ0) is 34.7. The van der Waals surface area contributed by atoms with Crippen molar-refractivity contribution < 1.29 is 0 Å². The molecule has 0 saturated heterocycles. The summed E-state index contributed by atoms with van der Waals surface area (Å²) in [5.74, 6) is 1.72. The van der Waals surface area contributed by atoms with E-state index in [1.807, 2.05) is 18.2 Å². The molecule has 0 aliphatic carbocycles. The lowest BCUT2D eigenvalue weighted by atomic mass is 9.85. The van der Waals surface area contributed by atoms with Gasteiger partial charge in [0.15, 0.2) is 17.5 Å². The molecule has 0 aliphatic rings. The lowest BCUT2D eigenvalue weighted by Crippen LogP contribution is -2.12. The van der Waals surface area contributed by atoms with Crippen molar-refractivity contribution in [2.75, 3.05) is 0 Å². The summed E-state index contributed by atoms with van der Waals surface area (Å²) in [5.41, 5.74) is 10.9. The Labute approximate surface area is 289 Å². The fourth-order valence-electron chi connectivity index (χ4n) is 6.61. The minimum atomic E-state index is -0.0531. The van der Waals surface area contributed by atoms with Gasteiger partial charge in [0.25, 0.3) is 0 Å². The van der Waals surface area contributed by atoms with Crippen LogP contribution in [0.2, 0.25) is 0 Å². The van der Waals surface area contributed by atoms with E-state index in [2.05, 4.69) is 151 Å². The Morgan fingerprint density at radius 1 is 0.551 bits per heavy atom. The van der Waals surface area contributed by atoms with Crippen molar-refractivity contribution in [1.82, 2.24) is 19.5 Å². The van der Waals surface area contributed by atoms with E-state index in [9.17, 15) is 5.26 Å². The summed E-state index contributed by atoms with van der Waals surface area (Å²) in [6.45, 7) is 17.6. The number of fused-ring (bicyclic) bond motifs is 3. The quantitative estimate of drug-likeness (QED) is 0.192. The number of hydrogen-bond donors (Lipinski definition) is 0. The molecule has 0 fully saturated rings. The molecule has 49 heavy (non-hydrogen) atoms. The first-order valence-corrected chi connectivity index (χ1v) is 16.8. The minimum absolute atomic E-state index is 0.0531. The Bertz CT molecular complexity index is 2310. The van der Waals surface area contributed by atoms with E-state index in [-0.39, 0.29) is 10.8 Å². The standard InChI is InChI=1S/C44H41N5/c1-27-19-30(24-32(21-27)43(3,4)5)40-46-41(31-20-28(2)22-33(25-31)44(6,7)8)48-42(47-40)36-23-29(26-45)17-18-39(36)49-37-15-11-9-13-34(37)35-14-10-12-16-38(35)49/h9-25H,1-8H3. The van der Waals surface area contributed by atoms with Gasteiger partial charge in [-0.2, -0.15) is 5.26 Å². The SMILES string of the molecule is Cc1cc(-c2nc(-c3cc(C)cc(C(C)(C)C)c3)nc(-c3cc(C#N)ccc3-n3c4ccccc4c4ccccc43)n2)cc(C(C)(C)C)c1. The molecule has 0 bridgehead atoms. The van der Waals surface area contributed by atoms with Crippen LogP contribution in [-0.4, -0.2) is 19.5 Å². The number of benzene rings is 5. The summed E-state index contributed by atoms with van der Waals surface area (Å²) >= 11 is 0. The summed E-state index contributed by atoms with van der Waals surface area (Å²) < 4.78 is 2.26. The molecule has 5 heteroatoms. The number of aryl methyl sites for hydroxylation is 2. The average Bonchev–Trinajstić information content (AvgIpc) is 3.40. The van der Waals surface area contributed by atoms with Crippen molar-refractivity contribution in [3.63, 3.8) is 0 Å². The number of nitriles is 1. The van der Waals surface area contributed by atoms with Gasteiger partial charge in [-0.05, 0) is 90.4 Å². The van der Waals surface area contributed by atoms with Gasteiger partial charge in [0.2, 0.25) is 0 Å². The first-order chi connectivity index (χ1) is 23.3. The number of aromatic nitrogens is 4. The molecule has 0 spiro atoms. The molecule has 0 N–H and O–H groups in total. The van der Waals surface area contributed by atoms with Crippen LogP contribution in [-0.2, 0) is 10.8 Å². The van der Waals surface area contributed by atoms with Crippen LogP contribution in [0.4, 0.5) is 0 Å². The van der Waals surface area contributed by atoms with Crippen LogP contribution in [0.3, 0.4) is 0 Å². The molecule has 0 aliphatic heterocycles. The van der Waals surface area contributed by atoms with Crippen LogP contribution >= 0.6 is 0 Å². The molecule has 0 saturated carbocycles. The van der Waals surface area contributed by atoms with Crippen LogP contribution in [0.25, 0.3) is 61.7 Å². The first-order valence-electron chi connectivity index (χ1n) is 16.8. The van der Waals surface area contributed by atoms with Gasteiger partial charge in [0.1, 0.15) is 0 Å². The monoisotopic (exact) mass is 639 g/mol. The number of rotatable bonds is 4. The van der Waals surface area contributed by atoms with E-state index < -0.39 is 0 Å². The Morgan fingerprint density at radius 3 is 1.49 bits per heavy atom. The lowest BCUT2D eigenvalue weighted by Gasteiger charge is -2.21. The van der Waals surface area contributed by atoms with E-state index in [4.69, 9.17) is 15.0 Å². The molecule has 0 amide bonds. The van der Waals surface area contributed by atoms with E-state index in [1.54, 1.807) is 0 Å². The van der Waals surface area contributed by atoms with E-state index in [0.717, 1.165) is 55.3 Å². The second kappa shape index (κ2) is 11.8. The van der Waals surface area contributed by atoms with Crippen LogP contribution in [0.5, 0.6) is 0 Å². The third kappa shape index (κ3) is 6.00. The van der Waals surface area contributed by atoms with Gasteiger partial charge in [-0.25, -0.2) is 15.0 Å². The minimum Gasteiger partial charge on any atom is -0.309 e. The molecule has 242 valence electrons. The Hall–Kier alpha value is -5.60. The summed E-state index contributed by atoms with van der Waals surface area (Å²) in [7, 11) is 0. The Morgan fingerprint density at radius 2 is 1.02 bits per heavy atom. The second-order valence-electron chi connectivity index (χ2n) is 15.2. The number of hydrogen-bond acceptors (Lipinski definition) is 4. The average molecular weight is 640 g/mol. The zero-order valence-corrected chi connectivity index (χ0v) is 29.6. The van der Waals surface area contributed by atoms with Crippen molar-refractivity contribution in [3.05, 3.63) is 131 Å². The van der Waals surface area contributed by atoms with Crippen LogP contribution in [0, 0.1) is 25.2 Å². The van der Waals surface area contributed by atoms with Gasteiger partial charge < -0.3 is 4.57 Å². The predicted molar refractivity (Wildman–Crippen MR) is 202 cm³/mol. The maximum absolute atomic E-state index is 10.1. The van der Waals surface area contributed by atoms with Gasteiger partial charge in [-0.1, -0.05) is 101 Å². The van der Waals surface area contributed by atoms with Crippen molar-refractivity contribution in [2.24, 2.45) is 0 Å². The highest BCUT2D eigenvalue weighted by molar-refractivity contribution is 6.09.